The monoisotopic (exact) mass is 158 g/mol. The van der Waals surface area contributed by atoms with Crippen LogP contribution < -0.4 is 0 Å². The Morgan fingerprint density at radius 2 is 2.00 bits per heavy atom. The van der Waals surface area contributed by atoms with E-state index >= 15 is 0 Å². The topological polar surface area (TPSA) is 37.3 Å². The first-order valence-corrected chi connectivity index (χ1v) is 4.09. The lowest BCUT2D eigenvalue weighted by Gasteiger charge is -2.21. The predicted molar refractivity (Wildman–Crippen MR) is 45.4 cm³/mol. The van der Waals surface area contributed by atoms with Crippen LogP contribution in [0.5, 0.6) is 0 Å². The van der Waals surface area contributed by atoms with Gasteiger partial charge in [-0.3, -0.25) is 4.79 Å². The highest BCUT2D eigenvalue weighted by atomic mass is 16.3. The van der Waals surface area contributed by atoms with E-state index < -0.39 is 5.60 Å². The normalized spacial score (nSPS) is 14.6. The lowest BCUT2D eigenvalue weighted by Crippen LogP contribution is -2.26. The Kier molecular flexibility index (Phi) is 3.73. The van der Waals surface area contributed by atoms with Crippen molar-refractivity contribution in [2.45, 2.75) is 46.1 Å². The van der Waals surface area contributed by atoms with Crippen LogP contribution in [0.4, 0.5) is 0 Å². The molecule has 1 unspecified atom stereocenters. The van der Waals surface area contributed by atoms with Gasteiger partial charge < -0.3 is 5.11 Å². The van der Waals surface area contributed by atoms with Gasteiger partial charge >= 0.3 is 0 Å². The van der Waals surface area contributed by atoms with Gasteiger partial charge in [0.05, 0.1) is 5.60 Å². The molecular formula is C9H18O2. The Hall–Kier alpha value is -0.370. The first-order valence-electron chi connectivity index (χ1n) is 4.09. The minimum atomic E-state index is -0.716. The quantitative estimate of drug-likeness (QED) is 0.677. The summed E-state index contributed by atoms with van der Waals surface area (Å²) >= 11 is 0. The molecule has 0 amide bonds. The van der Waals surface area contributed by atoms with Crippen molar-refractivity contribution in [1.29, 1.82) is 0 Å². The van der Waals surface area contributed by atoms with Gasteiger partial charge in [0.15, 0.2) is 0 Å². The molecule has 0 spiro atoms. The number of ketones is 1. The molecule has 0 rings (SSSR count). The Balaban J connectivity index is 3.99. The highest BCUT2D eigenvalue weighted by Crippen LogP contribution is 2.19. The lowest BCUT2D eigenvalue weighted by molar-refractivity contribution is -0.122. The maximum atomic E-state index is 10.9. The molecule has 0 aromatic heterocycles. The number of carbonyl (C=O) groups excluding carboxylic acids is 1. The van der Waals surface area contributed by atoms with Crippen LogP contribution in [0.2, 0.25) is 0 Å². The first-order chi connectivity index (χ1) is 4.87. The third kappa shape index (κ3) is 4.96. The fourth-order valence-electron chi connectivity index (χ4n) is 1.18. The number of hydrogen-bond donors (Lipinski definition) is 1. The van der Waals surface area contributed by atoms with E-state index in [1.807, 2.05) is 6.92 Å². The largest absolute Gasteiger partial charge is 0.390 e. The summed E-state index contributed by atoms with van der Waals surface area (Å²) in [5, 5.41) is 9.42. The lowest BCUT2D eigenvalue weighted by atomic mass is 9.89. The Bertz CT molecular complexity index is 133. The summed E-state index contributed by atoms with van der Waals surface area (Å²) in [7, 11) is 0. The molecule has 11 heavy (non-hydrogen) atoms. The van der Waals surface area contributed by atoms with Crippen molar-refractivity contribution < 1.29 is 9.90 Å². The van der Waals surface area contributed by atoms with E-state index in [2.05, 4.69) is 0 Å². The summed E-state index contributed by atoms with van der Waals surface area (Å²) in [4.78, 5) is 10.9. The summed E-state index contributed by atoms with van der Waals surface area (Å²) < 4.78 is 0. The zero-order chi connectivity index (χ0) is 9.07. The second kappa shape index (κ2) is 3.86. The number of rotatable bonds is 4. The van der Waals surface area contributed by atoms with Crippen LogP contribution in [0.3, 0.4) is 0 Å². The van der Waals surface area contributed by atoms with Gasteiger partial charge in [-0.25, -0.2) is 0 Å². The standard InChI is InChI=1S/C9H18O2/c1-5-8(7(2)10)6-9(3,4)11/h8,11H,5-6H2,1-4H3. The second-order valence-electron chi connectivity index (χ2n) is 3.73. The van der Waals surface area contributed by atoms with Gasteiger partial charge in [-0.15, -0.1) is 0 Å². The van der Waals surface area contributed by atoms with Gasteiger partial charge in [-0.1, -0.05) is 6.92 Å². The van der Waals surface area contributed by atoms with Gasteiger partial charge in [0.1, 0.15) is 5.78 Å². The minimum Gasteiger partial charge on any atom is -0.390 e. The fraction of sp³-hybridized carbons (Fsp3) is 0.889. The smallest absolute Gasteiger partial charge is 0.133 e. The van der Waals surface area contributed by atoms with Crippen molar-refractivity contribution in [3.05, 3.63) is 0 Å². The summed E-state index contributed by atoms with van der Waals surface area (Å²) in [6, 6.07) is 0. The van der Waals surface area contributed by atoms with Gasteiger partial charge in [-0.2, -0.15) is 0 Å². The zero-order valence-electron chi connectivity index (χ0n) is 7.85. The fourth-order valence-corrected chi connectivity index (χ4v) is 1.18. The van der Waals surface area contributed by atoms with E-state index in [1.54, 1.807) is 20.8 Å². The summed E-state index contributed by atoms with van der Waals surface area (Å²) in [6.07, 6.45) is 1.39. The molecular weight excluding hydrogens is 140 g/mol. The molecule has 1 N–H and O–H groups in total. The van der Waals surface area contributed by atoms with E-state index in [0.717, 1.165) is 6.42 Å². The first kappa shape index (κ1) is 10.6. The van der Waals surface area contributed by atoms with Crippen molar-refractivity contribution in [2.24, 2.45) is 5.92 Å². The summed E-state index contributed by atoms with van der Waals surface area (Å²) in [5.41, 5.74) is -0.716. The third-order valence-corrected chi connectivity index (χ3v) is 1.81. The highest BCUT2D eigenvalue weighted by Gasteiger charge is 2.21. The van der Waals surface area contributed by atoms with Crippen LogP contribution in [-0.2, 0) is 4.79 Å². The zero-order valence-corrected chi connectivity index (χ0v) is 7.85. The van der Waals surface area contributed by atoms with Crippen molar-refractivity contribution in [1.82, 2.24) is 0 Å². The average molecular weight is 158 g/mol. The molecule has 0 saturated carbocycles. The molecule has 0 saturated heterocycles. The van der Waals surface area contributed by atoms with Gasteiger partial charge in [0.25, 0.3) is 0 Å². The molecule has 0 radical (unpaired) electrons. The van der Waals surface area contributed by atoms with E-state index in [0.29, 0.717) is 6.42 Å². The number of aliphatic hydroxyl groups is 1. The Morgan fingerprint density at radius 1 is 1.55 bits per heavy atom. The molecule has 0 aliphatic heterocycles. The van der Waals surface area contributed by atoms with E-state index in [1.165, 1.54) is 0 Å². The van der Waals surface area contributed by atoms with Crippen LogP contribution in [0, 0.1) is 5.92 Å². The summed E-state index contributed by atoms with van der Waals surface area (Å²) in [5.74, 6) is 0.199. The van der Waals surface area contributed by atoms with Gasteiger partial charge in [0, 0.05) is 5.92 Å². The third-order valence-electron chi connectivity index (χ3n) is 1.81. The Labute approximate surface area is 68.6 Å². The molecule has 0 bridgehead atoms. The van der Waals surface area contributed by atoms with E-state index in [-0.39, 0.29) is 11.7 Å². The molecule has 0 aliphatic carbocycles. The molecule has 0 heterocycles. The Morgan fingerprint density at radius 3 is 2.09 bits per heavy atom. The maximum absolute atomic E-state index is 10.9. The molecule has 2 nitrogen and oxygen atoms in total. The maximum Gasteiger partial charge on any atom is 0.133 e. The van der Waals surface area contributed by atoms with Crippen LogP contribution in [-0.4, -0.2) is 16.5 Å². The summed E-state index contributed by atoms with van der Waals surface area (Å²) in [6.45, 7) is 7.02. The molecule has 0 aromatic rings. The van der Waals surface area contributed by atoms with Gasteiger partial charge in [-0.05, 0) is 33.6 Å². The average Bonchev–Trinajstić information content (AvgIpc) is 1.80. The second-order valence-corrected chi connectivity index (χ2v) is 3.73. The highest BCUT2D eigenvalue weighted by molar-refractivity contribution is 5.78. The molecule has 66 valence electrons. The van der Waals surface area contributed by atoms with Crippen LogP contribution in [0.15, 0.2) is 0 Å². The van der Waals surface area contributed by atoms with Crippen molar-refractivity contribution in [3.63, 3.8) is 0 Å². The van der Waals surface area contributed by atoms with Crippen LogP contribution >= 0.6 is 0 Å². The molecule has 1 atom stereocenters. The van der Waals surface area contributed by atoms with Crippen LogP contribution in [0.1, 0.15) is 40.5 Å². The van der Waals surface area contributed by atoms with Crippen molar-refractivity contribution >= 4 is 5.78 Å². The molecule has 0 aromatic carbocycles. The van der Waals surface area contributed by atoms with E-state index in [4.69, 9.17) is 0 Å². The van der Waals surface area contributed by atoms with Crippen molar-refractivity contribution in [2.75, 3.05) is 0 Å². The predicted octanol–water partition coefficient (Wildman–Crippen LogP) is 1.76. The number of carbonyl (C=O) groups is 1. The number of Topliss-reactive ketones (excluding diaryl/α,β-unsaturated/α-hetero) is 1. The SMILES string of the molecule is CCC(CC(C)(C)O)C(C)=O. The van der Waals surface area contributed by atoms with Crippen LogP contribution in [0.25, 0.3) is 0 Å². The van der Waals surface area contributed by atoms with Crippen molar-refractivity contribution in [3.8, 4) is 0 Å². The molecule has 2 heteroatoms. The van der Waals surface area contributed by atoms with Gasteiger partial charge in [0.2, 0.25) is 0 Å². The number of hydrogen-bond acceptors (Lipinski definition) is 2. The van der Waals surface area contributed by atoms with E-state index in [9.17, 15) is 9.90 Å². The molecule has 0 aliphatic rings. The minimum absolute atomic E-state index is 0.0231. The molecule has 0 fully saturated rings.